The molecule has 0 aromatic heterocycles. The number of carbonyl (C=O) groups is 1. The molecule has 2 fully saturated rings. The molecule has 6 heteroatoms. The number of piperidine rings is 1. The van der Waals surface area contributed by atoms with E-state index in [-0.39, 0.29) is 17.8 Å². The van der Waals surface area contributed by atoms with Gasteiger partial charge in [-0.05, 0) is 38.0 Å². The molecule has 3 atom stereocenters. The number of oxime groups is 1. The van der Waals surface area contributed by atoms with Crippen LogP contribution in [-0.2, 0) is 9.53 Å². The van der Waals surface area contributed by atoms with Crippen molar-refractivity contribution < 1.29 is 14.7 Å². The van der Waals surface area contributed by atoms with Crippen LogP contribution in [0.2, 0.25) is 0 Å². The van der Waals surface area contributed by atoms with Crippen molar-refractivity contribution in [2.75, 3.05) is 19.8 Å². The van der Waals surface area contributed by atoms with Crippen LogP contribution in [0.1, 0.15) is 40.0 Å². The molecule has 0 aromatic rings. The number of hydrogen-bond acceptors (Lipinski definition) is 4. The van der Waals surface area contributed by atoms with Gasteiger partial charge in [-0.3, -0.25) is 4.79 Å². The lowest BCUT2D eigenvalue weighted by molar-refractivity contribution is -0.148. The van der Waals surface area contributed by atoms with Crippen LogP contribution in [0.4, 0.5) is 0 Å². The number of rotatable bonds is 2. The van der Waals surface area contributed by atoms with Gasteiger partial charge in [-0.15, -0.1) is 0 Å². The van der Waals surface area contributed by atoms with Crippen molar-refractivity contribution in [3.63, 3.8) is 0 Å². The first kappa shape index (κ1) is 16.1. The van der Waals surface area contributed by atoms with Crippen LogP contribution in [-0.4, -0.2) is 47.7 Å². The van der Waals surface area contributed by atoms with Crippen LogP contribution in [0.15, 0.2) is 5.16 Å². The molecule has 2 rings (SSSR count). The number of nitrogens with zero attached hydrogens (tertiary/aromatic N) is 2. The smallest absolute Gasteiger partial charge is 0.236 e. The molecule has 0 saturated carbocycles. The number of carbonyl (C=O) groups excluding carboxylic acids is 1. The number of hydrogen-bond donors (Lipinski definition) is 2. The summed E-state index contributed by atoms with van der Waals surface area (Å²) in [5, 5.41) is 12.3. The van der Waals surface area contributed by atoms with Gasteiger partial charge in [0.2, 0.25) is 5.91 Å². The number of likely N-dealkylation sites (tertiary alicyclic amines) is 1. The zero-order chi connectivity index (χ0) is 15.6. The second kappa shape index (κ2) is 6.22. The van der Waals surface area contributed by atoms with E-state index in [0.29, 0.717) is 37.9 Å². The lowest BCUT2D eigenvalue weighted by Crippen LogP contribution is -2.59. The van der Waals surface area contributed by atoms with Crippen molar-refractivity contribution >= 4 is 11.7 Å². The minimum Gasteiger partial charge on any atom is -0.409 e. The molecule has 2 aliphatic heterocycles. The molecule has 0 aliphatic carbocycles. The van der Waals surface area contributed by atoms with Crippen molar-refractivity contribution in [3.05, 3.63) is 0 Å². The average Bonchev–Trinajstić information content (AvgIpc) is 2.50. The zero-order valence-corrected chi connectivity index (χ0v) is 13.2. The molecule has 3 unspecified atom stereocenters. The number of ether oxygens (including phenoxy) is 1. The van der Waals surface area contributed by atoms with E-state index in [4.69, 9.17) is 15.7 Å². The highest BCUT2D eigenvalue weighted by atomic mass is 16.5. The normalized spacial score (nSPS) is 33.8. The molecule has 0 radical (unpaired) electrons. The first-order chi connectivity index (χ1) is 9.92. The van der Waals surface area contributed by atoms with Crippen LogP contribution in [0, 0.1) is 17.3 Å². The Labute approximate surface area is 126 Å². The van der Waals surface area contributed by atoms with Crippen molar-refractivity contribution in [2.24, 2.45) is 28.1 Å². The third-order valence-electron chi connectivity index (χ3n) is 5.21. The Morgan fingerprint density at radius 1 is 1.33 bits per heavy atom. The fraction of sp³-hybridized carbons (Fsp3) is 0.867. The van der Waals surface area contributed by atoms with Crippen LogP contribution in [0.3, 0.4) is 0 Å². The topological polar surface area (TPSA) is 88.2 Å². The predicted molar refractivity (Wildman–Crippen MR) is 80.0 cm³/mol. The fourth-order valence-electron chi connectivity index (χ4n) is 3.65. The predicted octanol–water partition coefficient (Wildman–Crippen LogP) is 1.42. The highest BCUT2D eigenvalue weighted by Crippen LogP contribution is 2.37. The summed E-state index contributed by atoms with van der Waals surface area (Å²) in [4.78, 5) is 15.1. The number of nitrogens with two attached hydrogens (primary N) is 1. The molecule has 2 saturated heterocycles. The van der Waals surface area contributed by atoms with Crippen LogP contribution in [0.25, 0.3) is 0 Å². The van der Waals surface area contributed by atoms with Crippen molar-refractivity contribution in [1.82, 2.24) is 4.90 Å². The summed E-state index contributed by atoms with van der Waals surface area (Å²) in [5.74, 6) is 0.951. The van der Waals surface area contributed by atoms with Gasteiger partial charge in [-0.25, -0.2) is 0 Å². The zero-order valence-electron chi connectivity index (χ0n) is 13.2. The van der Waals surface area contributed by atoms with Gasteiger partial charge >= 0.3 is 0 Å². The molecule has 3 N–H and O–H groups in total. The maximum Gasteiger partial charge on any atom is 0.236 e. The Morgan fingerprint density at radius 3 is 2.52 bits per heavy atom. The fourth-order valence-corrected chi connectivity index (χ4v) is 3.65. The molecule has 21 heavy (non-hydrogen) atoms. The quantitative estimate of drug-likeness (QED) is 0.349. The molecule has 120 valence electrons. The first-order valence-electron chi connectivity index (χ1n) is 7.79. The van der Waals surface area contributed by atoms with E-state index in [1.165, 1.54) is 0 Å². The molecule has 0 bridgehead atoms. The maximum atomic E-state index is 13.2. The van der Waals surface area contributed by atoms with Gasteiger partial charge < -0.3 is 20.6 Å². The van der Waals surface area contributed by atoms with Gasteiger partial charge in [0.25, 0.3) is 0 Å². The van der Waals surface area contributed by atoms with E-state index in [9.17, 15) is 4.79 Å². The Hall–Kier alpha value is -1.30. The minimum atomic E-state index is -0.905. The van der Waals surface area contributed by atoms with Gasteiger partial charge in [0.15, 0.2) is 5.84 Å². The average molecular weight is 297 g/mol. The molecule has 0 spiro atoms. The van der Waals surface area contributed by atoms with Crippen LogP contribution in [0.5, 0.6) is 0 Å². The third-order valence-corrected chi connectivity index (χ3v) is 5.21. The van der Waals surface area contributed by atoms with Gasteiger partial charge in [-0.1, -0.05) is 19.0 Å². The summed E-state index contributed by atoms with van der Waals surface area (Å²) in [5.41, 5.74) is 5.00. The number of amidine groups is 1. The van der Waals surface area contributed by atoms with E-state index in [1.807, 2.05) is 4.90 Å². The second-order valence-corrected chi connectivity index (χ2v) is 6.70. The van der Waals surface area contributed by atoms with Crippen molar-refractivity contribution in [1.29, 1.82) is 0 Å². The van der Waals surface area contributed by atoms with E-state index in [2.05, 4.69) is 25.9 Å². The molecular formula is C15H27N3O3. The van der Waals surface area contributed by atoms with Crippen molar-refractivity contribution in [2.45, 2.75) is 46.1 Å². The van der Waals surface area contributed by atoms with Crippen LogP contribution < -0.4 is 5.73 Å². The first-order valence-corrected chi connectivity index (χ1v) is 7.79. The van der Waals surface area contributed by atoms with Gasteiger partial charge in [-0.2, -0.15) is 0 Å². The van der Waals surface area contributed by atoms with E-state index in [0.717, 1.165) is 13.0 Å². The lowest BCUT2D eigenvalue weighted by atomic mass is 9.75. The standard InChI is InChI=1S/C15H27N3O3/c1-10-8-11(2)12(3)18(9-10)14(19)15(13(16)17-20)4-6-21-7-5-15/h10-12,20H,4-9H2,1-3H3,(H2,16,17). The molecule has 2 aliphatic rings. The highest BCUT2D eigenvalue weighted by Gasteiger charge is 2.48. The maximum absolute atomic E-state index is 13.2. The highest BCUT2D eigenvalue weighted by molar-refractivity contribution is 6.07. The summed E-state index contributed by atoms with van der Waals surface area (Å²) >= 11 is 0. The lowest BCUT2D eigenvalue weighted by Gasteiger charge is -2.46. The summed E-state index contributed by atoms with van der Waals surface area (Å²) in [7, 11) is 0. The summed E-state index contributed by atoms with van der Waals surface area (Å²) in [6.07, 6.45) is 2.09. The van der Waals surface area contributed by atoms with E-state index >= 15 is 0 Å². The largest absolute Gasteiger partial charge is 0.409 e. The number of amides is 1. The van der Waals surface area contributed by atoms with Crippen LogP contribution >= 0.6 is 0 Å². The summed E-state index contributed by atoms with van der Waals surface area (Å²) in [6.45, 7) is 8.12. The Kier molecular flexibility index (Phi) is 4.76. The van der Waals surface area contributed by atoms with Gasteiger partial charge in [0, 0.05) is 25.8 Å². The minimum absolute atomic E-state index is 0.00741. The van der Waals surface area contributed by atoms with Crippen molar-refractivity contribution in [3.8, 4) is 0 Å². The van der Waals surface area contributed by atoms with Gasteiger partial charge in [0.05, 0.1) is 0 Å². The van der Waals surface area contributed by atoms with Gasteiger partial charge in [0.1, 0.15) is 5.41 Å². The third kappa shape index (κ3) is 2.86. The summed E-state index contributed by atoms with van der Waals surface area (Å²) in [6, 6.07) is 0.180. The summed E-state index contributed by atoms with van der Waals surface area (Å²) < 4.78 is 5.36. The van der Waals surface area contributed by atoms with E-state index in [1.54, 1.807) is 0 Å². The molecule has 1 amide bonds. The molecule has 2 heterocycles. The Bertz CT molecular complexity index is 418. The molecular weight excluding hydrogens is 270 g/mol. The van der Waals surface area contributed by atoms with E-state index < -0.39 is 5.41 Å². The monoisotopic (exact) mass is 297 g/mol. The second-order valence-electron chi connectivity index (χ2n) is 6.70. The Balaban J connectivity index is 2.29. The molecule has 6 nitrogen and oxygen atoms in total. The Morgan fingerprint density at radius 2 is 1.95 bits per heavy atom. The molecule has 0 aromatic carbocycles. The SMILES string of the molecule is CC1CC(C)C(C)N(C(=O)C2(C(N)=NO)CCOCC2)C1.